The Hall–Kier alpha value is -1.85. The van der Waals surface area contributed by atoms with Crippen molar-refractivity contribution in [2.24, 2.45) is 5.92 Å². The Bertz CT molecular complexity index is 795. The van der Waals surface area contributed by atoms with Gasteiger partial charge in [-0.25, -0.2) is 4.98 Å². The number of imidazole rings is 1. The number of methoxy groups -OCH3 is 1. The summed E-state index contributed by atoms with van der Waals surface area (Å²) in [7, 11) is 1.80. The van der Waals surface area contributed by atoms with Crippen LogP contribution in [0.5, 0.6) is 5.75 Å². The normalized spacial score (nSPS) is 32.6. The van der Waals surface area contributed by atoms with Gasteiger partial charge in [0, 0.05) is 49.0 Å². The highest BCUT2D eigenvalue weighted by molar-refractivity contribution is 5.39. The number of likely N-dealkylation sites (tertiary alicyclic amines) is 1. The fourth-order valence-corrected chi connectivity index (χ4v) is 5.93. The average Bonchev–Trinajstić information content (AvgIpc) is 3.35. The molecule has 0 amide bonds. The highest BCUT2D eigenvalue weighted by Crippen LogP contribution is 2.48. The molecule has 1 aromatic heterocycles. The molecule has 0 saturated carbocycles. The van der Waals surface area contributed by atoms with Crippen LogP contribution in [0.15, 0.2) is 36.7 Å². The molecule has 4 aliphatic heterocycles. The third-order valence-electron chi connectivity index (χ3n) is 7.12. The lowest BCUT2D eigenvalue weighted by Crippen LogP contribution is -2.60. The van der Waals surface area contributed by atoms with Crippen molar-refractivity contribution in [3.05, 3.63) is 48.0 Å². The minimum atomic E-state index is 0.513. The number of rotatable bonds is 5. The molecule has 4 aliphatic rings. The summed E-state index contributed by atoms with van der Waals surface area (Å²) in [5.74, 6) is 3.58. The van der Waals surface area contributed by atoms with E-state index in [1.54, 1.807) is 7.11 Å². The molecule has 0 N–H and O–H groups in total. The molecule has 2 aromatic rings. The van der Waals surface area contributed by atoms with Crippen LogP contribution >= 0.6 is 0 Å². The molecule has 4 saturated heterocycles. The Morgan fingerprint density at radius 2 is 1.96 bits per heavy atom. The van der Waals surface area contributed by atoms with Crippen LogP contribution in [-0.4, -0.2) is 58.2 Å². The molecule has 0 spiro atoms. The number of aryl methyl sites for hydroxylation is 1. The first-order valence-corrected chi connectivity index (χ1v) is 10.4. The zero-order chi connectivity index (χ0) is 18.4. The molecule has 0 aliphatic carbocycles. The lowest BCUT2D eigenvalue weighted by molar-refractivity contribution is -0.00961. The second-order valence-corrected chi connectivity index (χ2v) is 8.26. The lowest BCUT2D eigenvalue weighted by atomic mass is 9.75. The summed E-state index contributed by atoms with van der Waals surface area (Å²) in [6.45, 7) is 7.76. The smallest absolute Gasteiger partial charge is 0.122 e. The maximum atomic E-state index is 5.74. The van der Waals surface area contributed by atoms with Crippen molar-refractivity contribution in [3.63, 3.8) is 0 Å². The minimum Gasteiger partial charge on any atom is -0.496 e. The van der Waals surface area contributed by atoms with Gasteiger partial charge in [0.25, 0.3) is 0 Å². The summed E-state index contributed by atoms with van der Waals surface area (Å²) >= 11 is 0. The second kappa shape index (κ2) is 6.95. The number of fused-ring (bicyclic) bond motifs is 2. The second-order valence-electron chi connectivity index (χ2n) is 8.26. The highest BCUT2D eigenvalue weighted by atomic mass is 16.5. The summed E-state index contributed by atoms with van der Waals surface area (Å²) in [5, 5.41) is 0. The number of hydrogen-bond donors (Lipinski definition) is 0. The number of para-hydroxylation sites is 1. The van der Waals surface area contributed by atoms with E-state index in [1.165, 1.54) is 37.3 Å². The number of nitrogens with zero attached hydrogens (tertiary/aromatic N) is 4. The van der Waals surface area contributed by atoms with Gasteiger partial charge in [-0.05, 0) is 44.8 Å². The predicted octanol–water partition coefficient (Wildman–Crippen LogP) is 2.97. The van der Waals surface area contributed by atoms with Gasteiger partial charge in [0.05, 0.1) is 13.7 Å². The zero-order valence-electron chi connectivity index (χ0n) is 16.4. The Kier molecular flexibility index (Phi) is 4.44. The third kappa shape index (κ3) is 2.79. The fourth-order valence-electron chi connectivity index (χ4n) is 5.93. The molecule has 144 valence electrons. The van der Waals surface area contributed by atoms with E-state index >= 15 is 0 Å². The van der Waals surface area contributed by atoms with Gasteiger partial charge >= 0.3 is 0 Å². The van der Waals surface area contributed by atoms with Crippen LogP contribution in [0.3, 0.4) is 0 Å². The van der Waals surface area contributed by atoms with Gasteiger partial charge in [-0.2, -0.15) is 0 Å². The molecule has 0 unspecified atom stereocenters. The predicted molar refractivity (Wildman–Crippen MR) is 106 cm³/mol. The SMILES string of the molecule is CCn1ccnc1CN1C[C@H](c2ccccc2OC)[C@@H]2[C@H]1C1CCN2CC1. The molecular weight excluding hydrogens is 336 g/mol. The molecule has 5 heteroatoms. The first-order valence-electron chi connectivity index (χ1n) is 10.4. The van der Waals surface area contributed by atoms with E-state index in [4.69, 9.17) is 4.74 Å². The summed E-state index contributed by atoms with van der Waals surface area (Å²) in [6, 6.07) is 9.89. The van der Waals surface area contributed by atoms with E-state index in [0.717, 1.165) is 31.3 Å². The van der Waals surface area contributed by atoms with Crippen molar-refractivity contribution in [1.29, 1.82) is 0 Å². The van der Waals surface area contributed by atoms with Crippen molar-refractivity contribution in [3.8, 4) is 5.75 Å². The van der Waals surface area contributed by atoms with Crippen LogP contribution < -0.4 is 4.74 Å². The molecule has 0 radical (unpaired) electrons. The van der Waals surface area contributed by atoms with E-state index in [9.17, 15) is 0 Å². The van der Waals surface area contributed by atoms with Crippen LogP contribution in [0.2, 0.25) is 0 Å². The molecule has 6 rings (SSSR count). The van der Waals surface area contributed by atoms with Gasteiger partial charge < -0.3 is 9.30 Å². The van der Waals surface area contributed by atoms with Crippen molar-refractivity contribution in [2.75, 3.05) is 26.7 Å². The zero-order valence-corrected chi connectivity index (χ0v) is 16.4. The van der Waals surface area contributed by atoms with E-state index in [0.29, 0.717) is 18.0 Å². The summed E-state index contributed by atoms with van der Waals surface area (Å²) in [5.41, 5.74) is 1.38. The Labute approximate surface area is 161 Å². The van der Waals surface area contributed by atoms with Crippen LogP contribution in [0.25, 0.3) is 0 Å². The number of aromatic nitrogens is 2. The summed E-state index contributed by atoms with van der Waals surface area (Å²) in [4.78, 5) is 10.2. The third-order valence-corrected chi connectivity index (χ3v) is 7.12. The molecule has 4 fully saturated rings. The molecule has 5 nitrogen and oxygen atoms in total. The van der Waals surface area contributed by atoms with Gasteiger partial charge in [0.15, 0.2) is 0 Å². The van der Waals surface area contributed by atoms with E-state index in [2.05, 4.69) is 56.7 Å². The van der Waals surface area contributed by atoms with Crippen LogP contribution in [0.1, 0.15) is 37.1 Å². The first-order chi connectivity index (χ1) is 13.3. The van der Waals surface area contributed by atoms with Crippen molar-refractivity contribution in [1.82, 2.24) is 19.4 Å². The van der Waals surface area contributed by atoms with Gasteiger partial charge in [-0.3, -0.25) is 9.80 Å². The van der Waals surface area contributed by atoms with Crippen LogP contribution in [0.4, 0.5) is 0 Å². The molecule has 1 aromatic carbocycles. The lowest BCUT2D eigenvalue weighted by Gasteiger charge is -2.51. The van der Waals surface area contributed by atoms with E-state index in [1.807, 2.05) is 6.20 Å². The van der Waals surface area contributed by atoms with Crippen LogP contribution in [0, 0.1) is 5.92 Å². The largest absolute Gasteiger partial charge is 0.496 e. The van der Waals surface area contributed by atoms with E-state index < -0.39 is 0 Å². The number of piperidine rings is 3. The Morgan fingerprint density at radius 1 is 1.15 bits per heavy atom. The molecule has 27 heavy (non-hydrogen) atoms. The maximum absolute atomic E-state index is 5.74. The topological polar surface area (TPSA) is 33.5 Å². The average molecular weight is 367 g/mol. The minimum absolute atomic E-state index is 0.513. The van der Waals surface area contributed by atoms with Crippen molar-refractivity contribution in [2.45, 2.75) is 50.9 Å². The Morgan fingerprint density at radius 3 is 2.74 bits per heavy atom. The highest BCUT2D eigenvalue weighted by Gasteiger charge is 2.53. The van der Waals surface area contributed by atoms with Crippen molar-refractivity contribution >= 4 is 0 Å². The standard InChI is InChI=1S/C22H30N4O/c1-3-24-13-10-23-20(24)15-26-14-18(17-6-4-5-7-19(17)27-2)22-21(26)16-8-11-25(22)12-9-16/h4-7,10,13,16,18,21-22H,3,8-9,11-12,14-15H2,1-2H3/t18-,21-,22-/m1/s1. The van der Waals surface area contributed by atoms with E-state index in [-0.39, 0.29) is 0 Å². The number of benzene rings is 1. The summed E-state index contributed by atoms with van der Waals surface area (Å²) < 4.78 is 8.03. The monoisotopic (exact) mass is 366 g/mol. The van der Waals surface area contributed by atoms with Crippen molar-refractivity contribution < 1.29 is 4.74 Å². The first kappa shape index (κ1) is 17.3. The number of ether oxygens (including phenoxy) is 1. The molecular formula is C22H30N4O. The van der Waals surface area contributed by atoms with Crippen LogP contribution in [-0.2, 0) is 13.1 Å². The Balaban J connectivity index is 1.50. The van der Waals surface area contributed by atoms with Gasteiger partial charge in [0.1, 0.15) is 11.6 Å². The molecule has 2 bridgehead atoms. The molecule has 3 atom stereocenters. The molecule has 5 heterocycles. The fraction of sp³-hybridized carbons (Fsp3) is 0.591. The van der Waals surface area contributed by atoms with Gasteiger partial charge in [-0.1, -0.05) is 18.2 Å². The maximum Gasteiger partial charge on any atom is 0.122 e. The quantitative estimate of drug-likeness (QED) is 0.815. The van der Waals surface area contributed by atoms with Gasteiger partial charge in [-0.15, -0.1) is 0 Å². The summed E-state index contributed by atoms with van der Waals surface area (Å²) in [6.07, 6.45) is 6.74. The number of hydrogen-bond acceptors (Lipinski definition) is 4. The van der Waals surface area contributed by atoms with Gasteiger partial charge in [0.2, 0.25) is 0 Å².